The second-order valence-electron chi connectivity index (χ2n) is 6.47. The van der Waals surface area contributed by atoms with E-state index in [4.69, 9.17) is 28.4 Å². The van der Waals surface area contributed by atoms with Crippen molar-refractivity contribution in [2.24, 2.45) is 0 Å². The lowest BCUT2D eigenvalue weighted by atomic mass is 9.97. The predicted molar refractivity (Wildman–Crippen MR) is 98.6 cm³/mol. The van der Waals surface area contributed by atoms with Crippen molar-refractivity contribution in [1.82, 2.24) is 0 Å². The molecule has 1 saturated heterocycles. The molecule has 30 heavy (non-hydrogen) atoms. The molecule has 0 radical (unpaired) electrons. The molecule has 10 nitrogen and oxygen atoms in total. The number of carbonyl (C=O) groups is 4. The number of hydrogen-bond donors (Lipinski definition) is 0. The summed E-state index contributed by atoms with van der Waals surface area (Å²) in [5.41, 5.74) is 0.769. The van der Waals surface area contributed by atoms with Crippen molar-refractivity contribution in [2.75, 3.05) is 7.11 Å². The van der Waals surface area contributed by atoms with Crippen LogP contribution in [-0.4, -0.2) is 61.7 Å². The van der Waals surface area contributed by atoms with Crippen LogP contribution >= 0.6 is 0 Å². The lowest BCUT2D eigenvalue weighted by molar-refractivity contribution is -0.299. The van der Waals surface area contributed by atoms with Gasteiger partial charge in [-0.3, -0.25) is 14.4 Å². The van der Waals surface area contributed by atoms with Crippen LogP contribution in [0.25, 0.3) is 0 Å². The molecule has 0 amide bonds. The minimum atomic E-state index is -1.48. The van der Waals surface area contributed by atoms with Crippen LogP contribution in [0.15, 0.2) is 30.3 Å². The van der Waals surface area contributed by atoms with E-state index in [9.17, 15) is 19.2 Å². The molecule has 164 valence electrons. The maximum atomic E-state index is 12.3. The Bertz CT molecular complexity index is 762. The molecule has 0 spiro atoms. The molecule has 2 rings (SSSR count). The molecule has 0 aliphatic carbocycles. The third-order valence-corrected chi connectivity index (χ3v) is 4.10. The number of benzene rings is 1. The van der Waals surface area contributed by atoms with E-state index in [2.05, 4.69) is 0 Å². The van der Waals surface area contributed by atoms with Crippen molar-refractivity contribution < 1.29 is 47.6 Å². The maximum absolute atomic E-state index is 12.3. The zero-order valence-corrected chi connectivity index (χ0v) is 17.1. The van der Waals surface area contributed by atoms with Gasteiger partial charge in [0.25, 0.3) is 0 Å². The van der Waals surface area contributed by atoms with Crippen LogP contribution in [0.1, 0.15) is 26.3 Å². The summed E-state index contributed by atoms with van der Waals surface area (Å²) in [5.74, 6) is -3.06. The Morgan fingerprint density at radius 2 is 1.40 bits per heavy atom. The highest BCUT2D eigenvalue weighted by atomic mass is 16.7. The molecular weight excluding hydrogens is 400 g/mol. The van der Waals surface area contributed by atoms with Crippen molar-refractivity contribution >= 4 is 23.9 Å². The highest BCUT2D eigenvalue weighted by molar-refractivity contribution is 5.77. The number of rotatable bonds is 7. The van der Waals surface area contributed by atoms with E-state index >= 15 is 0 Å². The highest BCUT2D eigenvalue weighted by Gasteiger charge is 2.54. The van der Waals surface area contributed by atoms with Crippen LogP contribution in [-0.2, 0) is 54.2 Å². The zero-order chi connectivity index (χ0) is 22.3. The van der Waals surface area contributed by atoms with Crippen molar-refractivity contribution in [3.8, 4) is 0 Å². The molecule has 1 aromatic carbocycles. The molecule has 1 aromatic rings. The fourth-order valence-electron chi connectivity index (χ4n) is 2.97. The van der Waals surface area contributed by atoms with Crippen LogP contribution < -0.4 is 0 Å². The molecule has 1 fully saturated rings. The first-order valence-electron chi connectivity index (χ1n) is 9.13. The van der Waals surface area contributed by atoms with Crippen molar-refractivity contribution in [1.29, 1.82) is 0 Å². The molecule has 1 unspecified atom stereocenters. The van der Waals surface area contributed by atoms with E-state index in [0.717, 1.165) is 33.4 Å². The zero-order valence-electron chi connectivity index (χ0n) is 17.1. The van der Waals surface area contributed by atoms with Gasteiger partial charge in [-0.15, -0.1) is 0 Å². The van der Waals surface area contributed by atoms with E-state index in [-0.39, 0.29) is 6.61 Å². The van der Waals surface area contributed by atoms with Crippen molar-refractivity contribution in [3.05, 3.63) is 35.9 Å². The lowest BCUT2D eigenvalue weighted by Crippen LogP contribution is -2.63. The Morgan fingerprint density at radius 3 is 1.93 bits per heavy atom. The molecule has 0 N–H and O–H groups in total. The van der Waals surface area contributed by atoms with Gasteiger partial charge in [-0.25, -0.2) is 4.79 Å². The summed E-state index contributed by atoms with van der Waals surface area (Å²) in [5, 5.41) is 0. The minimum absolute atomic E-state index is 0.0295. The Balaban J connectivity index is 2.42. The molecule has 1 aliphatic heterocycles. The predicted octanol–water partition coefficient (Wildman–Crippen LogP) is 0.896. The molecule has 10 heteroatoms. The number of esters is 4. The SMILES string of the molecule is COC(=O)[C@H]1OC(OC(C)=O)[C@H](OC(C)=O)[C@@H](OCc2ccccc2)[C@@H]1OC(C)=O. The van der Waals surface area contributed by atoms with Gasteiger partial charge in [0, 0.05) is 20.8 Å². The Morgan fingerprint density at radius 1 is 0.833 bits per heavy atom. The molecule has 0 saturated carbocycles. The van der Waals surface area contributed by atoms with Crippen LogP contribution in [0.5, 0.6) is 0 Å². The van der Waals surface area contributed by atoms with Crippen molar-refractivity contribution in [2.45, 2.75) is 58.1 Å². The highest BCUT2D eigenvalue weighted by Crippen LogP contribution is 2.30. The number of hydrogen-bond acceptors (Lipinski definition) is 10. The molecule has 0 aromatic heterocycles. The topological polar surface area (TPSA) is 124 Å². The summed E-state index contributed by atoms with van der Waals surface area (Å²) in [6, 6.07) is 9.01. The minimum Gasteiger partial charge on any atom is -0.467 e. The monoisotopic (exact) mass is 424 g/mol. The van der Waals surface area contributed by atoms with E-state index in [0.29, 0.717) is 0 Å². The molecule has 1 heterocycles. The van der Waals surface area contributed by atoms with Gasteiger partial charge in [0.15, 0.2) is 18.3 Å². The molecule has 5 atom stereocenters. The first-order chi connectivity index (χ1) is 14.2. The van der Waals surface area contributed by atoms with Crippen LogP contribution in [0.2, 0.25) is 0 Å². The van der Waals surface area contributed by atoms with Gasteiger partial charge < -0.3 is 28.4 Å². The van der Waals surface area contributed by atoms with Gasteiger partial charge in [-0.2, -0.15) is 0 Å². The quantitative estimate of drug-likeness (QED) is 0.460. The summed E-state index contributed by atoms with van der Waals surface area (Å²) < 4.78 is 31.8. The molecule has 0 bridgehead atoms. The normalized spacial score (nSPS) is 25.7. The van der Waals surface area contributed by atoms with Gasteiger partial charge in [-0.05, 0) is 5.56 Å². The van der Waals surface area contributed by atoms with E-state index in [1.54, 1.807) is 24.3 Å². The third-order valence-electron chi connectivity index (χ3n) is 4.10. The largest absolute Gasteiger partial charge is 0.467 e. The van der Waals surface area contributed by atoms with Crippen LogP contribution in [0, 0.1) is 0 Å². The van der Waals surface area contributed by atoms with E-state index in [1.165, 1.54) is 0 Å². The summed E-state index contributed by atoms with van der Waals surface area (Å²) in [6.45, 7) is 3.44. The molecular formula is C20H24O10. The van der Waals surface area contributed by atoms with Gasteiger partial charge in [0.1, 0.15) is 6.10 Å². The maximum Gasteiger partial charge on any atom is 0.339 e. The average Bonchev–Trinajstić information content (AvgIpc) is 2.68. The first kappa shape index (κ1) is 23.3. The Labute approximate surface area is 173 Å². The summed E-state index contributed by atoms with van der Waals surface area (Å²) >= 11 is 0. The van der Waals surface area contributed by atoms with Crippen molar-refractivity contribution in [3.63, 3.8) is 0 Å². The standard InChI is InChI=1S/C20H24O10/c1-11(21)27-16-15(26-10-14-8-6-5-7-9-14)18(28-12(2)22)20(29-13(3)23)30-17(16)19(24)25-4/h5-9,15-18,20H,10H2,1-4H3/t15-,16-,17-,18+,20?/m0/s1. The number of ether oxygens (including phenoxy) is 6. The average molecular weight is 424 g/mol. The smallest absolute Gasteiger partial charge is 0.339 e. The lowest BCUT2D eigenvalue weighted by Gasteiger charge is -2.43. The van der Waals surface area contributed by atoms with Gasteiger partial charge in [0.05, 0.1) is 13.7 Å². The number of methoxy groups -OCH3 is 1. The number of carbonyl (C=O) groups excluding carboxylic acids is 4. The van der Waals surface area contributed by atoms with Gasteiger partial charge in [-0.1, -0.05) is 30.3 Å². The first-order valence-corrected chi connectivity index (χ1v) is 9.13. The second kappa shape index (κ2) is 10.7. The van der Waals surface area contributed by atoms with Crippen LogP contribution in [0.3, 0.4) is 0 Å². The Hall–Kier alpha value is -2.98. The fraction of sp³-hybridized carbons (Fsp3) is 0.500. The van der Waals surface area contributed by atoms with Gasteiger partial charge in [0.2, 0.25) is 6.29 Å². The molecule has 1 aliphatic rings. The summed E-state index contributed by atoms with van der Waals surface area (Å²) in [6.07, 6.45) is -6.78. The second-order valence-corrected chi connectivity index (χ2v) is 6.47. The summed E-state index contributed by atoms with van der Waals surface area (Å²) in [4.78, 5) is 47.2. The summed E-state index contributed by atoms with van der Waals surface area (Å²) in [7, 11) is 1.12. The third kappa shape index (κ3) is 6.26. The van der Waals surface area contributed by atoms with E-state index < -0.39 is 54.6 Å². The van der Waals surface area contributed by atoms with Crippen LogP contribution in [0.4, 0.5) is 0 Å². The fourth-order valence-corrected chi connectivity index (χ4v) is 2.97. The Kier molecular flexibility index (Phi) is 8.31. The van der Waals surface area contributed by atoms with E-state index in [1.807, 2.05) is 6.07 Å². The van der Waals surface area contributed by atoms with Gasteiger partial charge >= 0.3 is 23.9 Å².